The van der Waals surface area contributed by atoms with E-state index in [4.69, 9.17) is 27.8 Å². The zero-order valence-corrected chi connectivity index (χ0v) is 20.7. The predicted octanol–water partition coefficient (Wildman–Crippen LogP) is -0.0272. The molecule has 1 aliphatic rings. The van der Waals surface area contributed by atoms with Gasteiger partial charge >= 0.3 is 20.6 Å². The fraction of sp³-hybridized carbons (Fsp3) is 0.583. The summed E-state index contributed by atoms with van der Waals surface area (Å²) in [6, 6.07) is 0. The fourth-order valence-corrected chi connectivity index (χ4v) is 7.04. The van der Waals surface area contributed by atoms with Crippen LogP contribution in [0.4, 0.5) is 14.6 Å². The Morgan fingerprint density at radius 2 is 1.89 bits per heavy atom. The Balaban J connectivity index is 1.76. The molecule has 0 saturated carbocycles. The first-order chi connectivity index (χ1) is 15.9. The summed E-state index contributed by atoms with van der Waals surface area (Å²) >= 11 is 1.15. The number of halogens is 2. The molecule has 3 rings (SSSR count). The van der Waals surface area contributed by atoms with Crippen molar-refractivity contribution in [3.63, 3.8) is 0 Å². The summed E-state index contributed by atoms with van der Waals surface area (Å²) in [6.45, 7) is -1.04. The van der Waals surface area contributed by atoms with Crippen LogP contribution >= 0.6 is 34.4 Å². The van der Waals surface area contributed by atoms with Crippen LogP contribution in [0.15, 0.2) is 11.5 Å². The molecule has 194 valence electrons. The van der Waals surface area contributed by atoms with Gasteiger partial charge in [0.05, 0.1) is 12.9 Å². The molecule has 23 heteroatoms. The highest BCUT2D eigenvalue weighted by Crippen LogP contribution is 2.77. The van der Waals surface area contributed by atoms with E-state index in [-0.39, 0.29) is 22.1 Å². The third-order valence-corrected chi connectivity index (χ3v) is 10.3. The lowest BCUT2D eigenvalue weighted by atomic mass is 10.1. The number of alkyl halides is 2. The summed E-state index contributed by atoms with van der Waals surface area (Å²) in [4.78, 5) is 38.6. The number of aliphatic hydroxyl groups is 2. The van der Waals surface area contributed by atoms with E-state index in [0.717, 1.165) is 11.8 Å². The molecule has 3 heterocycles. The van der Waals surface area contributed by atoms with Crippen LogP contribution in [-0.2, 0) is 27.3 Å². The van der Waals surface area contributed by atoms with Gasteiger partial charge < -0.3 is 39.9 Å². The molecule has 2 radical (unpaired) electrons. The Morgan fingerprint density at radius 3 is 2.46 bits per heavy atom. The first kappa shape index (κ1) is 28.6. The van der Waals surface area contributed by atoms with Gasteiger partial charge in [-0.25, -0.2) is 19.3 Å². The number of rotatable bonds is 9. The zero-order chi connectivity index (χ0) is 26.6. The second-order valence-corrected chi connectivity index (χ2v) is 13.3. The average Bonchev–Trinajstić information content (AvgIpc) is 3.26. The van der Waals surface area contributed by atoms with Crippen molar-refractivity contribution in [2.75, 3.05) is 18.6 Å². The molecule has 1 unspecified atom stereocenters. The Labute approximate surface area is 199 Å². The van der Waals surface area contributed by atoms with Crippen molar-refractivity contribution in [1.29, 1.82) is 0 Å². The number of fused-ring (bicyclic) bond motifs is 1. The van der Waals surface area contributed by atoms with E-state index in [2.05, 4.69) is 23.8 Å². The molecule has 0 spiro atoms. The number of aromatic nitrogens is 4. The maximum atomic E-state index is 13.6. The Hall–Kier alpha value is -1.01. The Bertz CT molecular complexity index is 1270. The summed E-state index contributed by atoms with van der Waals surface area (Å²) in [6.07, 6.45) is -3.49. The quantitative estimate of drug-likeness (QED) is 0.0985. The van der Waals surface area contributed by atoms with E-state index in [1.54, 1.807) is 6.26 Å². The molecule has 16 nitrogen and oxygen atoms in total. The lowest BCUT2D eigenvalue weighted by Gasteiger charge is -2.26. The smallest absolute Gasteiger partial charge is 0.387 e. The number of hydrogen-bond acceptors (Lipinski definition) is 13. The number of anilines is 1. The summed E-state index contributed by atoms with van der Waals surface area (Å²) in [5, 5.41) is 15.3. The number of ether oxygens (including phenoxy) is 1. The molecule has 2 aromatic rings. The first-order valence-electron chi connectivity index (χ1n) is 8.98. The standard InChI is InChI=1S/C12H17BF2N5O11P3S/c1-35-11-18-8(16)5-9(19-11)20(3-17-5)10-7(22)6(21)4(30-10)2-29-34(13,28)31-33(26,27)12(14,15)32(23,24)25/h3-4,6-7,10,21-22H,2H2,1H3,(H,26,27)(H2,16,18,19)(H2,23,24,25)/t4-,6-,7-,10-,34+/m1/s1. The third kappa shape index (κ3) is 5.49. The minimum Gasteiger partial charge on any atom is -0.387 e. The fourth-order valence-electron chi connectivity index (χ4n) is 2.86. The van der Waals surface area contributed by atoms with Gasteiger partial charge in [-0.05, 0) is 6.26 Å². The lowest BCUT2D eigenvalue weighted by molar-refractivity contribution is -0.0479. The Morgan fingerprint density at radius 1 is 1.26 bits per heavy atom. The highest BCUT2D eigenvalue weighted by atomic mass is 32.2. The topological polar surface area (TPSA) is 250 Å². The van der Waals surface area contributed by atoms with E-state index in [0.29, 0.717) is 0 Å². The number of thioether (sulfide) groups is 1. The number of imidazole rings is 1. The largest absolute Gasteiger partial charge is 0.444 e. The number of aliphatic hydroxyl groups excluding tert-OH is 2. The highest BCUT2D eigenvalue weighted by molar-refractivity contribution is 7.98. The maximum absolute atomic E-state index is 13.6. The van der Waals surface area contributed by atoms with Crippen LogP contribution < -0.4 is 5.73 Å². The molecular weight excluding hydrogens is 564 g/mol. The van der Waals surface area contributed by atoms with Crippen LogP contribution in [0.25, 0.3) is 11.2 Å². The molecule has 0 aliphatic carbocycles. The van der Waals surface area contributed by atoms with Gasteiger partial charge in [0.2, 0.25) is 7.57 Å². The monoisotopic (exact) mass is 581 g/mol. The zero-order valence-electron chi connectivity index (χ0n) is 17.2. The first-order valence-corrected chi connectivity index (χ1v) is 15.0. The molecule has 0 aromatic carbocycles. The van der Waals surface area contributed by atoms with Gasteiger partial charge in [-0.15, -0.1) is 0 Å². The van der Waals surface area contributed by atoms with E-state index in [9.17, 15) is 37.6 Å². The average molecular weight is 581 g/mol. The molecule has 1 saturated heterocycles. The van der Waals surface area contributed by atoms with E-state index in [1.165, 1.54) is 10.9 Å². The van der Waals surface area contributed by atoms with Crippen LogP contribution in [0.3, 0.4) is 0 Å². The SMILES string of the molecule is [B][P@](=O)(OC[C@H]1O[C@@H](n2cnc3c(N)nc(SC)nc32)[C@H](O)[C@@H]1O)OP(=O)(O)C(F)(F)P(=O)(O)O. The second-order valence-electron chi connectivity index (χ2n) is 6.96. The van der Waals surface area contributed by atoms with Crippen LogP contribution in [0, 0.1) is 0 Å². The van der Waals surface area contributed by atoms with Crippen molar-refractivity contribution in [1.82, 2.24) is 19.5 Å². The van der Waals surface area contributed by atoms with Crippen molar-refractivity contribution in [2.24, 2.45) is 0 Å². The predicted molar refractivity (Wildman–Crippen MR) is 115 cm³/mol. The number of nitrogens with zero attached hydrogens (tertiary/aromatic N) is 4. The molecule has 2 aromatic heterocycles. The van der Waals surface area contributed by atoms with Gasteiger partial charge in [-0.3, -0.25) is 18.3 Å². The van der Waals surface area contributed by atoms with Crippen LogP contribution in [-0.4, -0.2) is 88.6 Å². The van der Waals surface area contributed by atoms with Gasteiger partial charge in [0.1, 0.15) is 23.8 Å². The van der Waals surface area contributed by atoms with Crippen molar-refractivity contribution >= 4 is 59.0 Å². The summed E-state index contributed by atoms with van der Waals surface area (Å²) < 4.78 is 76.4. The molecule has 0 amide bonds. The highest BCUT2D eigenvalue weighted by Gasteiger charge is 2.66. The third-order valence-electron chi connectivity index (χ3n) is 4.56. The van der Waals surface area contributed by atoms with E-state index >= 15 is 0 Å². The van der Waals surface area contributed by atoms with Crippen molar-refractivity contribution < 1.29 is 60.9 Å². The number of hydrogen-bond donors (Lipinski definition) is 6. The van der Waals surface area contributed by atoms with E-state index < -0.39 is 59.2 Å². The normalized spacial score (nSPS) is 27.1. The molecular formula is C12H17BF2N5O11P3S. The van der Waals surface area contributed by atoms with Crippen molar-refractivity contribution in [3.8, 4) is 0 Å². The van der Waals surface area contributed by atoms with Gasteiger partial charge in [-0.1, -0.05) is 11.8 Å². The van der Waals surface area contributed by atoms with Gasteiger partial charge in [0, 0.05) is 0 Å². The molecule has 1 aliphatic heterocycles. The molecule has 7 N–H and O–H groups in total. The Kier molecular flexibility index (Phi) is 7.92. The summed E-state index contributed by atoms with van der Waals surface area (Å²) in [5.41, 5.74) is 6.09. The summed E-state index contributed by atoms with van der Waals surface area (Å²) in [5.74, 6) is 0.0211. The summed E-state index contributed by atoms with van der Waals surface area (Å²) in [7, 11) is -13.5. The molecule has 1 fully saturated rings. The van der Waals surface area contributed by atoms with E-state index in [1.807, 2.05) is 0 Å². The van der Waals surface area contributed by atoms with Crippen molar-refractivity contribution in [3.05, 3.63) is 6.33 Å². The lowest BCUT2D eigenvalue weighted by Crippen LogP contribution is -2.33. The van der Waals surface area contributed by atoms with Crippen LogP contribution in [0.5, 0.6) is 0 Å². The van der Waals surface area contributed by atoms with Crippen LogP contribution in [0.2, 0.25) is 0 Å². The van der Waals surface area contributed by atoms with Gasteiger partial charge in [0.15, 0.2) is 22.8 Å². The molecule has 0 bridgehead atoms. The van der Waals surface area contributed by atoms with Gasteiger partial charge in [0.25, 0.3) is 7.47 Å². The molecule has 6 atom stereocenters. The maximum Gasteiger partial charge on any atom is 0.444 e. The minimum absolute atomic E-state index is 0.0211. The van der Waals surface area contributed by atoms with Crippen molar-refractivity contribution in [2.45, 2.75) is 35.1 Å². The van der Waals surface area contributed by atoms with Crippen LogP contribution in [0.1, 0.15) is 6.23 Å². The van der Waals surface area contributed by atoms with Gasteiger partial charge in [-0.2, -0.15) is 8.78 Å². The minimum atomic E-state index is -6.62. The second kappa shape index (κ2) is 9.70. The number of nitrogens with two attached hydrogens (primary N) is 1. The molecule has 35 heavy (non-hydrogen) atoms. The number of nitrogen functional groups attached to an aromatic ring is 1.